The van der Waals surface area contributed by atoms with Crippen LogP contribution >= 0.6 is 0 Å². The summed E-state index contributed by atoms with van der Waals surface area (Å²) in [5.74, 6) is -0.151. The first-order valence-electron chi connectivity index (χ1n) is 11.2. The standard InChI is InChI=1S/C27H25N5O2/c1-19-25(27(34)32(30-19)22-7-3-2-4-8-22)15-20-17-31(26-10-6-5-9-24(20)26)18-23(33)16-29-21-11-13-28-14-12-21/h2-15,17,23,33H,16,18H2,1H3,(H,28,29). The molecule has 0 saturated carbocycles. The lowest BCUT2D eigenvalue weighted by molar-refractivity contribution is -0.114. The molecule has 0 spiro atoms. The summed E-state index contributed by atoms with van der Waals surface area (Å²) in [7, 11) is 0. The Morgan fingerprint density at radius 3 is 2.56 bits per heavy atom. The summed E-state index contributed by atoms with van der Waals surface area (Å²) >= 11 is 0. The lowest BCUT2D eigenvalue weighted by Gasteiger charge is -2.14. The fourth-order valence-electron chi connectivity index (χ4n) is 4.12. The van der Waals surface area contributed by atoms with Crippen molar-refractivity contribution in [2.24, 2.45) is 5.10 Å². The van der Waals surface area contributed by atoms with Gasteiger partial charge in [0, 0.05) is 47.3 Å². The van der Waals surface area contributed by atoms with Gasteiger partial charge in [-0.1, -0.05) is 36.4 Å². The number of hydrogen-bond acceptors (Lipinski definition) is 5. The number of aliphatic hydroxyl groups is 1. The van der Waals surface area contributed by atoms with Crippen LogP contribution in [-0.4, -0.2) is 38.9 Å². The third-order valence-corrected chi connectivity index (χ3v) is 5.81. The summed E-state index contributed by atoms with van der Waals surface area (Å²) in [6.07, 6.45) is 6.70. The third-order valence-electron chi connectivity index (χ3n) is 5.81. The fourth-order valence-corrected chi connectivity index (χ4v) is 4.12. The van der Waals surface area contributed by atoms with Crippen molar-refractivity contribution in [3.63, 3.8) is 0 Å². The van der Waals surface area contributed by atoms with Crippen molar-refractivity contribution in [3.05, 3.63) is 96.5 Å². The highest BCUT2D eigenvalue weighted by atomic mass is 16.3. The van der Waals surface area contributed by atoms with E-state index in [4.69, 9.17) is 0 Å². The molecule has 2 N–H and O–H groups in total. The molecule has 7 nitrogen and oxygen atoms in total. The number of hydrogen-bond donors (Lipinski definition) is 2. The second-order valence-electron chi connectivity index (χ2n) is 8.22. The van der Waals surface area contributed by atoms with Crippen LogP contribution in [0.1, 0.15) is 12.5 Å². The summed E-state index contributed by atoms with van der Waals surface area (Å²) in [5.41, 5.74) is 4.80. The summed E-state index contributed by atoms with van der Waals surface area (Å²) in [6, 6.07) is 21.1. The normalized spacial score (nSPS) is 15.7. The molecule has 2 aromatic heterocycles. The molecular formula is C27H25N5O2. The molecule has 170 valence electrons. The number of carbonyl (C=O) groups is 1. The molecule has 3 heterocycles. The van der Waals surface area contributed by atoms with E-state index < -0.39 is 6.10 Å². The maximum Gasteiger partial charge on any atom is 0.280 e. The highest BCUT2D eigenvalue weighted by Gasteiger charge is 2.29. The zero-order valence-corrected chi connectivity index (χ0v) is 18.8. The van der Waals surface area contributed by atoms with E-state index >= 15 is 0 Å². The number of benzene rings is 2. The van der Waals surface area contributed by atoms with Crippen molar-refractivity contribution in [1.82, 2.24) is 9.55 Å². The number of carbonyl (C=O) groups excluding carboxylic acids is 1. The van der Waals surface area contributed by atoms with Crippen molar-refractivity contribution in [1.29, 1.82) is 0 Å². The second-order valence-corrected chi connectivity index (χ2v) is 8.22. The number of nitrogens with one attached hydrogen (secondary N) is 1. The quantitative estimate of drug-likeness (QED) is 0.410. The SMILES string of the molecule is CC1=NN(c2ccccc2)C(=O)C1=Cc1cn(CC(O)CNc2ccncc2)c2ccccc12. The molecule has 0 radical (unpaired) electrons. The Morgan fingerprint density at radius 2 is 1.76 bits per heavy atom. The van der Waals surface area contributed by atoms with E-state index in [0.717, 1.165) is 27.8 Å². The highest BCUT2D eigenvalue weighted by Crippen LogP contribution is 2.28. The molecule has 0 fully saturated rings. The lowest BCUT2D eigenvalue weighted by atomic mass is 10.1. The van der Waals surface area contributed by atoms with Crippen molar-refractivity contribution >= 4 is 40.0 Å². The van der Waals surface area contributed by atoms with Gasteiger partial charge in [0.1, 0.15) is 0 Å². The van der Waals surface area contributed by atoms with E-state index in [1.54, 1.807) is 12.4 Å². The monoisotopic (exact) mass is 451 g/mol. The number of anilines is 2. The Balaban J connectivity index is 1.40. The van der Waals surface area contributed by atoms with Crippen LogP contribution in [0.25, 0.3) is 17.0 Å². The van der Waals surface area contributed by atoms with Crippen LogP contribution in [0.3, 0.4) is 0 Å². The minimum absolute atomic E-state index is 0.151. The average Bonchev–Trinajstić information content (AvgIpc) is 3.36. The van der Waals surface area contributed by atoms with Gasteiger partial charge in [0.2, 0.25) is 0 Å². The maximum absolute atomic E-state index is 13.1. The van der Waals surface area contributed by atoms with Gasteiger partial charge >= 0.3 is 0 Å². The molecule has 0 saturated heterocycles. The number of amides is 1. The van der Waals surface area contributed by atoms with Crippen LogP contribution in [0, 0.1) is 0 Å². The molecule has 34 heavy (non-hydrogen) atoms. The van der Waals surface area contributed by atoms with Gasteiger partial charge in [0.05, 0.1) is 29.6 Å². The van der Waals surface area contributed by atoms with Gasteiger partial charge < -0.3 is 15.0 Å². The summed E-state index contributed by atoms with van der Waals surface area (Å²) in [5, 5.41) is 20.8. The first kappa shape index (κ1) is 21.6. The van der Waals surface area contributed by atoms with Gasteiger partial charge in [-0.25, -0.2) is 0 Å². The summed E-state index contributed by atoms with van der Waals surface area (Å²) < 4.78 is 2.03. The smallest absolute Gasteiger partial charge is 0.280 e. The van der Waals surface area contributed by atoms with E-state index in [2.05, 4.69) is 15.4 Å². The molecule has 7 heteroatoms. The Morgan fingerprint density at radius 1 is 1.03 bits per heavy atom. The highest BCUT2D eigenvalue weighted by molar-refractivity contribution is 6.32. The van der Waals surface area contributed by atoms with Crippen molar-refractivity contribution in [3.8, 4) is 0 Å². The Hall–Kier alpha value is -4.23. The largest absolute Gasteiger partial charge is 0.389 e. The van der Waals surface area contributed by atoms with Gasteiger partial charge in [-0.15, -0.1) is 0 Å². The van der Waals surface area contributed by atoms with E-state index in [1.165, 1.54) is 5.01 Å². The molecule has 5 rings (SSSR count). The number of para-hydroxylation sites is 2. The van der Waals surface area contributed by atoms with Gasteiger partial charge in [0.25, 0.3) is 5.91 Å². The van der Waals surface area contributed by atoms with E-state index in [1.807, 2.05) is 90.5 Å². The Labute approximate surface area is 197 Å². The van der Waals surface area contributed by atoms with Gasteiger partial charge in [0.15, 0.2) is 0 Å². The van der Waals surface area contributed by atoms with Crippen molar-refractivity contribution in [2.45, 2.75) is 19.6 Å². The van der Waals surface area contributed by atoms with Gasteiger partial charge in [-0.3, -0.25) is 9.78 Å². The Bertz CT molecular complexity index is 1380. The first-order chi connectivity index (χ1) is 16.6. The molecule has 1 aliphatic rings. The van der Waals surface area contributed by atoms with E-state index in [9.17, 15) is 9.90 Å². The minimum Gasteiger partial charge on any atom is -0.389 e. The van der Waals surface area contributed by atoms with E-state index in [-0.39, 0.29) is 5.91 Å². The van der Waals surface area contributed by atoms with E-state index in [0.29, 0.717) is 24.4 Å². The topological polar surface area (TPSA) is 82.8 Å². The van der Waals surface area contributed by atoms with Gasteiger partial charge in [-0.05, 0) is 43.3 Å². The zero-order valence-electron chi connectivity index (χ0n) is 18.8. The molecule has 1 unspecified atom stereocenters. The molecule has 4 aromatic rings. The number of fused-ring (bicyclic) bond motifs is 1. The minimum atomic E-state index is -0.602. The number of nitrogens with zero attached hydrogens (tertiary/aromatic N) is 4. The van der Waals surface area contributed by atoms with Crippen molar-refractivity contribution < 1.29 is 9.90 Å². The first-order valence-corrected chi connectivity index (χ1v) is 11.2. The van der Waals surface area contributed by atoms with Crippen LogP contribution in [-0.2, 0) is 11.3 Å². The zero-order chi connectivity index (χ0) is 23.5. The molecule has 0 aliphatic carbocycles. The lowest BCUT2D eigenvalue weighted by Crippen LogP contribution is -2.24. The molecule has 1 atom stereocenters. The average molecular weight is 452 g/mol. The predicted octanol–water partition coefficient (Wildman–Crippen LogP) is 4.32. The second kappa shape index (κ2) is 9.33. The Kier molecular flexibility index (Phi) is 5.93. The fraction of sp³-hybridized carbons (Fsp3) is 0.148. The third kappa shape index (κ3) is 4.33. The number of aliphatic hydroxyl groups excluding tert-OH is 1. The summed E-state index contributed by atoms with van der Waals surface area (Å²) in [4.78, 5) is 17.1. The van der Waals surface area contributed by atoms with Crippen molar-refractivity contribution in [2.75, 3.05) is 16.9 Å². The number of rotatable bonds is 7. The maximum atomic E-state index is 13.1. The number of pyridine rings is 1. The number of aromatic nitrogens is 2. The van der Waals surface area contributed by atoms with Crippen LogP contribution in [0.5, 0.6) is 0 Å². The van der Waals surface area contributed by atoms with Gasteiger partial charge in [-0.2, -0.15) is 10.1 Å². The van der Waals surface area contributed by atoms with Crippen LogP contribution in [0.2, 0.25) is 0 Å². The predicted molar refractivity (Wildman–Crippen MR) is 136 cm³/mol. The van der Waals surface area contributed by atoms with Crippen LogP contribution in [0.4, 0.5) is 11.4 Å². The molecule has 1 aliphatic heterocycles. The molecule has 1 amide bonds. The molecule has 0 bridgehead atoms. The summed E-state index contributed by atoms with van der Waals surface area (Å²) in [6.45, 7) is 2.67. The van der Waals surface area contributed by atoms with Crippen LogP contribution < -0.4 is 10.3 Å². The number of hydrazone groups is 1. The molecule has 2 aromatic carbocycles. The van der Waals surface area contributed by atoms with Crippen LogP contribution in [0.15, 0.2) is 96.0 Å². The molecular weight excluding hydrogens is 426 g/mol.